The molecule has 2 aliphatic rings. The first-order chi connectivity index (χ1) is 15.6. The summed E-state index contributed by atoms with van der Waals surface area (Å²) in [7, 11) is 2.15. The molecule has 2 saturated carbocycles. The Morgan fingerprint density at radius 2 is 1.75 bits per heavy atom. The number of aryl methyl sites for hydroxylation is 1. The van der Waals surface area contributed by atoms with E-state index in [1.807, 2.05) is 16.8 Å². The van der Waals surface area contributed by atoms with Crippen LogP contribution in [0.25, 0.3) is 10.9 Å². The van der Waals surface area contributed by atoms with Crippen LogP contribution in [0.3, 0.4) is 0 Å². The summed E-state index contributed by atoms with van der Waals surface area (Å²) in [6.45, 7) is 2.08. The maximum absolute atomic E-state index is 13.4. The molecule has 7 nitrogen and oxygen atoms in total. The van der Waals surface area contributed by atoms with Crippen LogP contribution in [0.5, 0.6) is 0 Å². The summed E-state index contributed by atoms with van der Waals surface area (Å²) in [5.41, 5.74) is 2.74. The number of aromatic amines is 1. The Kier molecular flexibility index (Phi) is 6.09. The van der Waals surface area contributed by atoms with Crippen LogP contribution in [0.2, 0.25) is 0 Å². The van der Waals surface area contributed by atoms with Crippen LogP contribution in [0, 0.1) is 6.92 Å². The van der Waals surface area contributed by atoms with Crippen LogP contribution >= 0.6 is 0 Å². The summed E-state index contributed by atoms with van der Waals surface area (Å²) >= 11 is 0. The van der Waals surface area contributed by atoms with Crippen molar-refractivity contribution in [3.05, 3.63) is 51.6 Å². The highest BCUT2D eigenvalue weighted by atomic mass is 16.1. The predicted octanol–water partition coefficient (Wildman–Crippen LogP) is 4.68. The lowest BCUT2D eigenvalue weighted by molar-refractivity contribution is 0.145. The van der Waals surface area contributed by atoms with Gasteiger partial charge in [0.05, 0.1) is 6.04 Å². The number of aromatic nitrogens is 5. The van der Waals surface area contributed by atoms with Gasteiger partial charge in [0, 0.05) is 17.1 Å². The molecule has 0 spiro atoms. The van der Waals surface area contributed by atoms with Gasteiger partial charge in [0.15, 0.2) is 5.82 Å². The molecule has 2 heterocycles. The van der Waals surface area contributed by atoms with Crippen LogP contribution in [0.1, 0.15) is 93.2 Å². The molecule has 1 aromatic carbocycles. The van der Waals surface area contributed by atoms with E-state index in [4.69, 9.17) is 0 Å². The highest BCUT2D eigenvalue weighted by molar-refractivity contribution is 5.79. The molecule has 0 radical (unpaired) electrons. The molecule has 32 heavy (non-hydrogen) atoms. The van der Waals surface area contributed by atoms with E-state index in [-0.39, 0.29) is 11.6 Å². The van der Waals surface area contributed by atoms with Gasteiger partial charge in [-0.2, -0.15) is 0 Å². The van der Waals surface area contributed by atoms with Crippen LogP contribution < -0.4 is 5.56 Å². The monoisotopic (exact) mass is 434 g/mol. The number of fused-ring (bicyclic) bond motifs is 1. The molecule has 0 amide bonds. The van der Waals surface area contributed by atoms with E-state index in [1.165, 1.54) is 44.1 Å². The zero-order valence-electron chi connectivity index (χ0n) is 19.3. The number of nitrogens with one attached hydrogen (secondary N) is 1. The standard InChI is InChI=1S/C25H34N6O/c1-17-13-14-22-18(15-17)16-21(25(32)26-22)23(30(2)19-9-5-3-6-10-19)24-27-28-29-31(24)20-11-7-4-8-12-20/h13-16,19-20,23H,3-12H2,1-2H3,(H,26,32). The molecule has 170 valence electrons. The van der Waals surface area contributed by atoms with Crippen LogP contribution in [0.15, 0.2) is 29.1 Å². The van der Waals surface area contributed by atoms with Crippen molar-refractivity contribution in [2.24, 2.45) is 0 Å². The second kappa shape index (κ2) is 9.14. The Morgan fingerprint density at radius 3 is 2.50 bits per heavy atom. The fourth-order valence-electron chi connectivity index (χ4n) is 5.75. The van der Waals surface area contributed by atoms with Crippen molar-refractivity contribution in [2.75, 3.05) is 7.05 Å². The Bertz CT molecular complexity index is 1120. The number of benzene rings is 1. The quantitative estimate of drug-likeness (QED) is 0.631. The van der Waals surface area contributed by atoms with Gasteiger partial charge in [-0.1, -0.05) is 50.2 Å². The molecule has 1 atom stereocenters. The molecule has 3 aromatic rings. The van der Waals surface area contributed by atoms with Crippen molar-refractivity contribution >= 4 is 10.9 Å². The topological polar surface area (TPSA) is 79.7 Å². The van der Waals surface area contributed by atoms with Gasteiger partial charge in [0.2, 0.25) is 0 Å². The van der Waals surface area contributed by atoms with Gasteiger partial charge in [0.1, 0.15) is 6.04 Å². The van der Waals surface area contributed by atoms with Crippen LogP contribution in [0.4, 0.5) is 0 Å². The van der Waals surface area contributed by atoms with E-state index in [0.29, 0.717) is 12.1 Å². The summed E-state index contributed by atoms with van der Waals surface area (Å²) in [4.78, 5) is 18.9. The molecule has 0 saturated heterocycles. The highest BCUT2D eigenvalue weighted by Gasteiger charge is 2.34. The van der Waals surface area contributed by atoms with E-state index in [1.54, 1.807) is 0 Å². The lowest BCUT2D eigenvalue weighted by Crippen LogP contribution is -2.40. The Morgan fingerprint density at radius 1 is 1.03 bits per heavy atom. The first-order valence-corrected chi connectivity index (χ1v) is 12.2. The lowest BCUT2D eigenvalue weighted by Gasteiger charge is -2.37. The van der Waals surface area contributed by atoms with E-state index in [0.717, 1.165) is 48.0 Å². The molecule has 0 bridgehead atoms. The zero-order chi connectivity index (χ0) is 22.1. The average Bonchev–Trinajstić information content (AvgIpc) is 3.30. The largest absolute Gasteiger partial charge is 0.322 e. The van der Waals surface area contributed by atoms with Gasteiger partial charge in [0.25, 0.3) is 5.56 Å². The van der Waals surface area contributed by atoms with E-state index >= 15 is 0 Å². The minimum atomic E-state index is -0.260. The lowest BCUT2D eigenvalue weighted by atomic mass is 9.91. The minimum absolute atomic E-state index is 0.0489. The average molecular weight is 435 g/mol. The summed E-state index contributed by atoms with van der Waals surface area (Å²) < 4.78 is 2.03. The smallest absolute Gasteiger partial charge is 0.253 e. The van der Waals surface area contributed by atoms with Crippen molar-refractivity contribution < 1.29 is 0 Å². The summed E-state index contributed by atoms with van der Waals surface area (Å²) in [6, 6.07) is 8.70. The molecular weight excluding hydrogens is 400 g/mol. The van der Waals surface area contributed by atoms with Crippen molar-refractivity contribution in [1.29, 1.82) is 0 Å². The molecular formula is C25H34N6O. The fourth-order valence-corrected chi connectivity index (χ4v) is 5.75. The van der Waals surface area contributed by atoms with Crippen molar-refractivity contribution in [1.82, 2.24) is 30.1 Å². The molecule has 2 aromatic heterocycles. The van der Waals surface area contributed by atoms with Crippen molar-refractivity contribution in [3.8, 4) is 0 Å². The third kappa shape index (κ3) is 4.10. The first kappa shape index (κ1) is 21.3. The maximum Gasteiger partial charge on any atom is 0.253 e. The maximum atomic E-state index is 13.4. The Labute approximate surface area is 189 Å². The Hall–Kier alpha value is -2.54. The molecule has 0 aliphatic heterocycles. The van der Waals surface area contributed by atoms with E-state index in [2.05, 4.69) is 51.5 Å². The zero-order valence-corrected chi connectivity index (χ0v) is 19.3. The second-order valence-corrected chi connectivity index (χ2v) is 9.78. The van der Waals surface area contributed by atoms with Gasteiger partial charge in [-0.15, -0.1) is 5.10 Å². The number of hydrogen-bond donors (Lipinski definition) is 1. The molecule has 7 heteroatoms. The van der Waals surface area contributed by atoms with Gasteiger partial charge >= 0.3 is 0 Å². The van der Waals surface area contributed by atoms with E-state index in [9.17, 15) is 4.79 Å². The number of rotatable bonds is 5. The molecule has 1 unspecified atom stereocenters. The third-order valence-electron chi connectivity index (χ3n) is 7.56. The SMILES string of the molecule is Cc1ccc2[nH]c(=O)c(C(c3nnnn3C3CCCCC3)N(C)C3CCCCC3)cc2c1. The van der Waals surface area contributed by atoms with Gasteiger partial charge in [-0.25, -0.2) is 4.68 Å². The van der Waals surface area contributed by atoms with Crippen molar-refractivity contribution in [3.63, 3.8) is 0 Å². The third-order valence-corrected chi connectivity index (χ3v) is 7.56. The summed E-state index contributed by atoms with van der Waals surface area (Å²) in [6.07, 6.45) is 12.0. The number of tetrazole rings is 1. The summed E-state index contributed by atoms with van der Waals surface area (Å²) in [5, 5.41) is 14.1. The summed E-state index contributed by atoms with van der Waals surface area (Å²) in [5.74, 6) is 0.808. The number of hydrogen-bond acceptors (Lipinski definition) is 5. The van der Waals surface area contributed by atoms with Gasteiger partial charge in [-0.3, -0.25) is 9.69 Å². The van der Waals surface area contributed by atoms with Gasteiger partial charge < -0.3 is 4.98 Å². The second-order valence-electron chi connectivity index (χ2n) is 9.78. The van der Waals surface area contributed by atoms with Gasteiger partial charge in [-0.05, 0) is 73.7 Å². The fraction of sp³-hybridized carbons (Fsp3) is 0.600. The molecule has 5 rings (SSSR count). The number of nitrogens with zero attached hydrogens (tertiary/aromatic N) is 5. The molecule has 2 fully saturated rings. The van der Waals surface area contributed by atoms with Crippen molar-refractivity contribution in [2.45, 2.75) is 89.3 Å². The van der Waals surface area contributed by atoms with E-state index < -0.39 is 0 Å². The highest BCUT2D eigenvalue weighted by Crippen LogP contribution is 2.35. The number of H-pyrrole nitrogens is 1. The molecule has 2 aliphatic carbocycles. The Balaban J connectivity index is 1.63. The molecule has 1 N–H and O–H groups in total. The minimum Gasteiger partial charge on any atom is -0.322 e. The van der Waals surface area contributed by atoms with Crippen LogP contribution in [-0.2, 0) is 0 Å². The number of pyridine rings is 1. The first-order valence-electron chi connectivity index (χ1n) is 12.2. The predicted molar refractivity (Wildman–Crippen MR) is 126 cm³/mol. The van der Waals surface area contributed by atoms with Crippen LogP contribution in [-0.4, -0.2) is 43.2 Å². The normalized spacial score (nSPS) is 19.6.